The number of alkyl halides is 3. The lowest BCUT2D eigenvalue weighted by Crippen LogP contribution is -2.05. The number of hydrogen-bond acceptors (Lipinski definition) is 1. The van der Waals surface area contributed by atoms with Gasteiger partial charge in [0, 0.05) is 0 Å². The van der Waals surface area contributed by atoms with Crippen molar-refractivity contribution in [3.63, 3.8) is 0 Å². The molecule has 1 aromatic rings. The lowest BCUT2D eigenvalue weighted by Gasteiger charge is -2.09. The van der Waals surface area contributed by atoms with E-state index in [4.69, 9.17) is 0 Å². The Kier molecular flexibility index (Phi) is 2.96. The van der Waals surface area contributed by atoms with E-state index in [0.29, 0.717) is 5.56 Å². The van der Waals surface area contributed by atoms with Gasteiger partial charge in [-0.25, -0.2) is 0 Å². The summed E-state index contributed by atoms with van der Waals surface area (Å²) >= 11 is 0. The number of aliphatic hydroxyl groups is 1. The largest absolute Gasteiger partial charge is 0.416 e. The molecule has 0 aromatic heterocycles. The zero-order valence-electron chi connectivity index (χ0n) is 7.25. The Morgan fingerprint density at radius 1 is 1.21 bits per heavy atom. The van der Waals surface area contributed by atoms with Gasteiger partial charge in [0.1, 0.15) is 0 Å². The van der Waals surface area contributed by atoms with Crippen LogP contribution in [0.15, 0.2) is 36.9 Å². The van der Waals surface area contributed by atoms with Gasteiger partial charge in [-0.1, -0.05) is 18.2 Å². The molecule has 0 amide bonds. The minimum absolute atomic E-state index is 0.396. The molecule has 0 aliphatic heterocycles. The minimum Gasteiger partial charge on any atom is -0.384 e. The van der Waals surface area contributed by atoms with Gasteiger partial charge in [0.2, 0.25) is 0 Å². The van der Waals surface area contributed by atoms with Crippen molar-refractivity contribution in [3.05, 3.63) is 48.0 Å². The SMILES string of the molecule is C=C[C@H](O)c1ccc(C(F)(F)F)cc1. The van der Waals surface area contributed by atoms with E-state index < -0.39 is 17.8 Å². The number of aliphatic hydroxyl groups excluding tert-OH is 1. The Bertz CT molecular complexity index is 313. The predicted molar refractivity (Wildman–Crippen MR) is 46.6 cm³/mol. The maximum atomic E-state index is 12.1. The van der Waals surface area contributed by atoms with E-state index in [1.807, 2.05) is 0 Å². The number of benzene rings is 1. The summed E-state index contributed by atoms with van der Waals surface area (Å²) < 4.78 is 36.4. The van der Waals surface area contributed by atoms with Crippen molar-refractivity contribution in [2.45, 2.75) is 12.3 Å². The van der Waals surface area contributed by atoms with E-state index in [-0.39, 0.29) is 0 Å². The average Bonchev–Trinajstić information content (AvgIpc) is 2.15. The molecular weight excluding hydrogens is 193 g/mol. The molecule has 0 saturated heterocycles. The first-order valence-electron chi connectivity index (χ1n) is 3.93. The van der Waals surface area contributed by atoms with Gasteiger partial charge in [0.25, 0.3) is 0 Å². The fourth-order valence-electron chi connectivity index (χ4n) is 1.01. The fourth-order valence-corrected chi connectivity index (χ4v) is 1.01. The molecule has 0 aliphatic carbocycles. The number of rotatable bonds is 2. The lowest BCUT2D eigenvalue weighted by atomic mass is 10.1. The highest BCUT2D eigenvalue weighted by Crippen LogP contribution is 2.29. The minimum atomic E-state index is -4.34. The third kappa shape index (κ3) is 2.35. The molecule has 0 unspecified atom stereocenters. The van der Waals surface area contributed by atoms with Gasteiger partial charge in [-0.2, -0.15) is 13.2 Å². The van der Waals surface area contributed by atoms with Crippen molar-refractivity contribution in [1.29, 1.82) is 0 Å². The molecule has 1 nitrogen and oxygen atoms in total. The summed E-state index contributed by atoms with van der Waals surface area (Å²) in [5.41, 5.74) is -0.328. The van der Waals surface area contributed by atoms with Crippen LogP contribution in [0.1, 0.15) is 17.2 Å². The molecule has 0 saturated carbocycles. The van der Waals surface area contributed by atoms with Gasteiger partial charge in [-0.05, 0) is 17.7 Å². The van der Waals surface area contributed by atoms with Gasteiger partial charge in [0.15, 0.2) is 0 Å². The molecule has 0 aliphatic rings. The Morgan fingerprint density at radius 3 is 2.07 bits per heavy atom. The maximum absolute atomic E-state index is 12.1. The third-order valence-electron chi connectivity index (χ3n) is 1.80. The van der Waals surface area contributed by atoms with Crippen molar-refractivity contribution in [2.75, 3.05) is 0 Å². The highest BCUT2D eigenvalue weighted by Gasteiger charge is 2.30. The number of halogens is 3. The zero-order chi connectivity index (χ0) is 10.8. The highest BCUT2D eigenvalue weighted by molar-refractivity contribution is 5.27. The van der Waals surface area contributed by atoms with Crippen LogP contribution in [0.3, 0.4) is 0 Å². The normalized spacial score (nSPS) is 13.7. The van der Waals surface area contributed by atoms with Crippen molar-refractivity contribution in [1.82, 2.24) is 0 Å². The first-order valence-corrected chi connectivity index (χ1v) is 3.93. The highest BCUT2D eigenvalue weighted by atomic mass is 19.4. The van der Waals surface area contributed by atoms with Crippen LogP contribution in [0.25, 0.3) is 0 Å². The van der Waals surface area contributed by atoms with Gasteiger partial charge in [0.05, 0.1) is 11.7 Å². The van der Waals surface area contributed by atoms with Crippen LogP contribution in [0, 0.1) is 0 Å². The van der Waals surface area contributed by atoms with Gasteiger partial charge >= 0.3 is 6.18 Å². The monoisotopic (exact) mass is 202 g/mol. The summed E-state index contributed by atoms with van der Waals surface area (Å²) in [5.74, 6) is 0. The van der Waals surface area contributed by atoms with E-state index in [0.717, 1.165) is 12.1 Å². The van der Waals surface area contributed by atoms with Crippen molar-refractivity contribution >= 4 is 0 Å². The zero-order valence-corrected chi connectivity index (χ0v) is 7.25. The molecule has 0 spiro atoms. The van der Waals surface area contributed by atoms with E-state index in [2.05, 4.69) is 6.58 Å². The molecule has 1 rings (SSSR count). The van der Waals surface area contributed by atoms with Crippen LogP contribution >= 0.6 is 0 Å². The van der Waals surface area contributed by atoms with Gasteiger partial charge in [-0.3, -0.25) is 0 Å². The molecule has 0 bridgehead atoms. The Hall–Kier alpha value is -1.29. The van der Waals surface area contributed by atoms with Crippen LogP contribution in [0.2, 0.25) is 0 Å². The van der Waals surface area contributed by atoms with Crippen LogP contribution in [-0.2, 0) is 6.18 Å². The summed E-state index contributed by atoms with van der Waals surface area (Å²) in [4.78, 5) is 0. The van der Waals surface area contributed by atoms with E-state index in [9.17, 15) is 18.3 Å². The van der Waals surface area contributed by atoms with Crippen LogP contribution in [0.4, 0.5) is 13.2 Å². The molecule has 1 aromatic carbocycles. The Labute approximate surface area is 79.5 Å². The van der Waals surface area contributed by atoms with Crippen molar-refractivity contribution in [2.24, 2.45) is 0 Å². The Balaban J connectivity index is 2.95. The van der Waals surface area contributed by atoms with Gasteiger partial charge in [-0.15, -0.1) is 6.58 Å². The van der Waals surface area contributed by atoms with Crippen LogP contribution in [0.5, 0.6) is 0 Å². The smallest absolute Gasteiger partial charge is 0.384 e. The molecule has 0 heterocycles. The second kappa shape index (κ2) is 3.84. The molecule has 0 radical (unpaired) electrons. The molecule has 76 valence electrons. The lowest BCUT2D eigenvalue weighted by molar-refractivity contribution is -0.137. The fraction of sp³-hybridized carbons (Fsp3) is 0.200. The summed E-state index contributed by atoms with van der Waals surface area (Å²) in [5, 5.41) is 9.22. The van der Waals surface area contributed by atoms with Crippen molar-refractivity contribution in [3.8, 4) is 0 Å². The van der Waals surface area contributed by atoms with Crippen molar-refractivity contribution < 1.29 is 18.3 Å². The van der Waals surface area contributed by atoms with E-state index in [1.165, 1.54) is 18.2 Å². The second-order valence-corrected chi connectivity index (χ2v) is 2.80. The van der Waals surface area contributed by atoms with Gasteiger partial charge < -0.3 is 5.11 Å². The summed E-state index contributed by atoms with van der Waals surface area (Å²) in [6.45, 7) is 3.34. The quantitative estimate of drug-likeness (QED) is 0.731. The summed E-state index contributed by atoms with van der Waals surface area (Å²) in [7, 11) is 0. The molecular formula is C10H9F3O. The first-order chi connectivity index (χ1) is 6.45. The molecule has 1 atom stereocenters. The van der Waals surface area contributed by atoms with E-state index in [1.54, 1.807) is 0 Å². The first kappa shape index (κ1) is 10.8. The number of hydrogen-bond donors (Lipinski definition) is 1. The van der Waals surface area contributed by atoms with Crippen LogP contribution in [-0.4, -0.2) is 5.11 Å². The topological polar surface area (TPSA) is 20.2 Å². The molecule has 4 heteroatoms. The molecule has 1 N–H and O–H groups in total. The molecule has 14 heavy (non-hydrogen) atoms. The second-order valence-electron chi connectivity index (χ2n) is 2.80. The average molecular weight is 202 g/mol. The summed E-state index contributed by atoms with van der Waals surface area (Å²) in [6, 6.07) is 4.33. The predicted octanol–water partition coefficient (Wildman–Crippen LogP) is 2.92. The standard InChI is InChI=1S/C10H9F3O/c1-2-9(14)7-3-5-8(6-4-7)10(11,12)13/h2-6,9,14H,1H2/t9-/m0/s1. The van der Waals surface area contributed by atoms with E-state index >= 15 is 0 Å². The Morgan fingerprint density at radius 2 is 1.71 bits per heavy atom. The van der Waals surface area contributed by atoms with Crippen LogP contribution < -0.4 is 0 Å². The maximum Gasteiger partial charge on any atom is 0.416 e. The summed E-state index contributed by atoms with van der Waals surface area (Å²) in [6.07, 6.45) is -4.00. The third-order valence-corrected chi connectivity index (χ3v) is 1.80. The molecule has 0 fully saturated rings.